The molecule has 0 radical (unpaired) electrons. The summed E-state index contributed by atoms with van der Waals surface area (Å²) < 4.78 is 21.0. The van der Waals surface area contributed by atoms with Crippen LogP contribution in [0, 0.1) is 6.92 Å². The molecular formula is C38H45ClN4O6. The summed E-state index contributed by atoms with van der Waals surface area (Å²) in [7, 11) is 1.82. The van der Waals surface area contributed by atoms with E-state index in [-0.39, 0.29) is 13.2 Å². The zero-order valence-electron chi connectivity index (χ0n) is 29.1. The molecule has 0 saturated carbocycles. The molecule has 0 spiro atoms. The van der Waals surface area contributed by atoms with Gasteiger partial charge in [0.15, 0.2) is 0 Å². The first kappa shape index (κ1) is 35.8. The molecule has 0 unspecified atom stereocenters. The fourth-order valence-electron chi connectivity index (χ4n) is 6.25. The number of fused-ring (bicyclic) bond motifs is 2. The van der Waals surface area contributed by atoms with Crippen LogP contribution in [0.25, 0.3) is 32.8 Å². The molecular weight excluding hydrogens is 644 g/mol. The third-order valence-electron chi connectivity index (χ3n) is 8.36. The van der Waals surface area contributed by atoms with E-state index in [0.717, 1.165) is 38.7 Å². The molecule has 5 rings (SSSR count). The zero-order chi connectivity index (χ0) is 35.3. The van der Waals surface area contributed by atoms with E-state index in [4.69, 9.17) is 25.8 Å². The molecule has 0 aliphatic heterocycles. The summed E-state index contributed by atoms with van der Waals surface area (Å²) in [5.41, 5.74) is 4.06. The average Bonchev–Trinajstić information content (AvgIpc) is 3.53. The van der Waals surface area contributed by atoms with E-state index in [2.05, 4.69) is 22.5 Å². The average molecular weight is 689 g/mol. The van der Waals surface area contributed by atoms with Gasteiger partial charge in [0, 0.05) is 47.7 Å². The highest BCUT2D eigenvalue weighted by atomic mass is 35.5. The maximum absolute atomic E-state index is 13.8. The standard InChI is InChI=1S/C38H45ClN4O6/c1-7-47-36(45)35-27(16-11-22-48-31-17-10-14-25-13-8-9-15-26(25)31)28-18-19-29(39)33(32-24(2)42(6)41-30(32)23-44)34(28)43(35)21-12-20-40-37(46)49-38(3,4)5/h8-10,13-15,17-19,44H,7,11-12,16,20-23H2,1-6H3,(H,40,46). The van der Waals surface area contributed by atoms with E-state index in [9.17, 15) is 14.7 Å². The Bertz CT molecular complexity index is 1970. The van der Waals surface area contributed by atoms with Gasteiger partial charge in [0.25, 0.3) is 0 Å². The van der Waals surface area contributed by atoms with Crippen molar-refractivity contribution in [2.75, 3.05) is 19.8 Å². The lowest BCUT2D eigenvalue weighted by Crippen LogP contribution is -2.33. The molecule has 2 aromatic heterocycles. The topological polar surface area (TPSA) is 117 Å². The molecule has 0 aliphatic carbocycles. The van der Waals surface area contributed by atoms with Crippen LogP contribution in [0.3, 0.4) is 0 Å². The lowest BCUT2D eigenvalue weighted by molar-refractivity contribution is 0.0502. The van der Waals surface area contributed by atoms with Crippen molar-refractivity contribution < 1.29 is 28.9 Å². The maximum Gasteiger partial charge on any atom is 0.407 e. The first-order chi connectivity index (χ1) is 23.4. The number of nitrogens with zero attached hydrogens (tertiary/aromatic N) is 3. The van der Waals surface area contributed by atoms with Crippen molar-refractivity contribution >= 4 is 45.3 Å². The van der Waals surface area contributed by atoms with Crippen LogP contribution >= 0.6 is 11.6 Å². The summed E-state index contributed by atoms with van der Waals surface area (Å²) in [6.45, 7) is 10.2. The summed E-state index contributed by atoms with van der Waals surface area (Å²) in [6.07, 6.45) is 1.13. The number of carbonyl (C=O) groups is 2. The lowest BCUT2D eigenvalue weighted by Gasteiger charge is -2.20. The number of aryl methyl sites for hydroxylation is 3. The normalized spacial score (nSPS) is 11.7. The molecule has 0 bridgehead atoms. The minimum Gasteiger partial charge on any atom is -0.493 e. The number of rotatable bonds is 13. The Kier molecular flexibility index (Phi) is 11.2. The van der Waals surface area contributed by atoms with Gasteiger partial charge in [-0.1, -0.05) is 54.1 Å². The number of aliphatic hydroxyl groups is 1. The largest absolute Gasteiger partial charge is 0.493 e. The van der Waals surface area contributed by atoms with Crippen molar-refractivity contribution in [1.29, 1.82) is 0 Å². The number of nitrogens with one attached hydrogen (secondary N) is 1. The van der Waals surface area contributed by atoms with Gasteiger partial charge in [-0.3, -0.25) is 4.68 Å². The number of aromatic nitrogens is 3. The van der Waals surface area contributed by atoms with Gasteiger partial charge in [0.1, 0.15) is 17.0 Å². The number of alkyl carbamates (subject to hydrolysis) is 1. The summed E-state index contributed by atoms with van der Waals surface area (Å²) >= 11 is 6.99. The highest BCUT2D eigenvalue weighted by Crippen LogP contribution is 2.42. The number of benzene rings is 3. The van der Waals surface area contributed by atoms with E-state index < -0.39 is 17.7 Å². The fourth-order valence-corrected chi connectivity index (χ4v) is 6.49. The Morgan fingerprint density at radius 3 is 2.49 bits per heavy atom. The Hall–Kier alpha value is -4.54. The minimum absolute atomic E-state index is 0.203. The number of esters is 1. The SMILES string of the molecule is CCOC(=O)c1c(CCCOc2cccc3ccccc23)c2ccc(Cl)c(-c3c(CO)nn(C)c3C)c2n1CCCNC(=O)OC(C)(C)C. The van der Waals surface area contributed by atoms with Gasteiger partial charge in [-0.25, -0.2) is 9.59 Å². The van der Waals surface area contributed by atoms with Gasteiger partial charge >= 0.3 is 12.1 Å². The molecule has 2 N–H and O–H groups in total. The van der Waals surface area contributed by atoms with Crippen molar-refractivity contribution in [3.63, 3.8) is 0 Å². The molecule has 3 aromatic carbocycles. The van der Waals surface area contributed by atoms with Crippen LogP contribution in [-0.2, 0) is 36.1 Å². The number of halogens is 1. The number of hydrogen-bond donors (Lipinski definition) is 2. The lowest BCUT2D eigenvalue weighted by atomic mass is 9.98. The van der Waals surface area contributed by atoms with Crippen molar-refractivity contribution in [3.8, 4) is 16.9 Å². The van der Waals surface area contributed by atoms with Crippen LogP contribution in [0.15, 0.2) is 54.6 Å². The Morgan fingerprint density at radius 1 is 1.00 bits per heavy atom. The summed E-state index contributed by atoms with van der Waals surface area (Å²) in [5, 5.41) is 21.1. The molecule has 2 heterocycles. The second-order valence-electron chi connectivity index (χ2n) is 12.9. The molecule has 0 atom stereocenters. The molecule has 260 valence electrons. The number of hydrogen-bond acceptors (Lipinski definition) is 7. The van der Waals surface area contributed by atoms with Gasteiger partial charge in [0.2, 0.25) is 0 Å². The second-order valence-corrected chi connectivity index (χ2v) is 13.3. The monoisotopic (exact) mass is 688 g/mol. The van der Waals surface area contributed by atoms with Crippen LogP contribution in [-0.4, -0.2) is 56.9 Å². The van der Waals surface area contributed by atoms with Crippen LogP contribution in [0.2, 0.25) is 5.02 Å². The Balaban J connectivity index is 1.56. The fraction of sp³-hybridized carbons (Fsp3) is 0.395. The van der Waals surface area contributed by atoms with Crippen molar-refractivity contribution in [3.05, 3.63) is 82.3 Å². The van der Waals surface area contributed by atoms with Crippen molar-refractivity contribution in [2.45, 2.75) is 72.6 Å². The van der Waals surface area contributed by atoms with E-state index in [0.29, 0.717) is 66.5 Å². The predicted octanol–water partition coefficient (Wildman–Crippen LogP) is 7.75. The van der Waals surface area contributed by atoms with Crippen LogP contribution in [0.1, 0.15) is 68.0 Å². The minimum atomic E-state index is -0.623. The molecule has 1 amide bonds. The van der Waals surface area contributed by atoms with Gasteiger partial charge in [-0.15, -0.1) is 0 Å². The third kappa shape index (κ3) is 7.86. The zero-order valence-corrected chi connectivity index (χ0v) is 29.8. The number of amides is 1. The quantitative estimate of drug-likeness (QED) is 0.0960. The van der Waals surface area contributed by atoms with Crippen LogP contribution in [0.5, 0.6) is 5.75 Å². The van der Waals surface area contributed by atoms with Crippen molar-refractivity contribution in [1.82, 2.24) is 19.7 Å². The van der Waals surface area contributed by atoms with E-state index in [1.165, 1.54) is 0 Å². The molecule has 10 nitrogen and oxygen atoms in total. The molecule has 0 fully saturated rings. The van der Waals surface area contributed by atoms with E-state index >= 15 is 0 Å². The van der Waals surface area contributed by atoms with Crippen molar-refractivity contribution in [2.24, 2.45) is 7.05 Å². The van der Waals surface area contributed by atoms with E-state index in [1.807, 2.05) is 81.8 Å². The van der Waals surface area contributed by atoms with Gasteiger partial charge < -0.3 is 29.2 Å². The Labute approximate surface area is 291 Å². The molecule has 5 aromatic rings. The summed E-state index contributed by atoms with van der Waals surface area (Å²) in [5.74, 6) is 0.359. The summed E-state index contributed by atoms with van der Waals surface area (Å²) in [6, 6.07) is 17.9. The third-order valence-corrected chi connectivity index (χ3v) is 8.67. The summed E-state index contributed by atoms with van der Waals surface area (Å²) in [4.78, 5) is 26.2. The van der Waals surface area contributed by atoms with Crippen LogP contribution in [0.4, 0.5) is 4.79 Å². The van der Waals surface area contributed by atoms with Crippen LogP contribution < -0.4 is 10.1 Å². The van der Waals surface area contributed by atoms with Gasteiger partial charge in [0.05, 0.1) is 36.1 Å². The molecule has 0 saturated heterocycles. The first-order valence-electron chi connectivity index (χ1n) is 16.7. The number of ether oxygens (including phenoxy) is 3. The van der Waals surface area contributed by atoms with Gasteiger partial charge in [-0.05, 0) is 77.0 Å². The second kappa shape index (κ2) is 15.3. The molecule has 49 heavy (non-hydrogen) atoms. The number of aliphatic hydroxyl groups excluding tert-OH is 1. The number of carbonyl (C=O) groups excluding carboxylic acids is 2. The first-order valence-corrected chi connectivity index (χ1v) is 17.0. The molecule has 11 heteroatoms. The highest BCUT2D eigenvalue weighted by molar-refractivity contribution is 6.35. The highest BCUT2D eigenvalue weighted by Gasteiger charge is 2.29. The maximum atomic E-state index is 13.8. The Morgan fingerprint density at radius 2 is 1.76 bits per heavy atom. The van der Waals surface area contributed by atoms with Gasteiger partial charge in [-0.2, -0.15) is 5.10 Å². The smallest absolute Gasteiger partial charge is 0.407 e. The molecule has 0 aliphatic rings. The van der Waals surface area contributed by atoms with E-state index in [1.54, 1.807) is 11.6 Å². The predicted molar refractivity (Wildman–Crippen MR) is 192 cm³/mol.